The summed E-state index contributed by atoms with van der Waals surface area (Å²) >= 11 is 0. The molecule has 0 spiro atoms. The van der Waals surface area contributed by atoms with Crippen molar-refractivity contribution in [2.75, 3.05) is 0 Å². The molecule has 47 heavy (non-hydrogen) atoms. The number of Topliss-reactive ketones (excluding diaryl/α,β-unsaturated/α-hetero) is 3. The van der Waals surface area contributed by atoms with Gasteiger partial charge in [0.2, 0.25) is 0 Å². The van der Waals surface area contributed by atoms with Crippen LogP contribution in [0.4, 0.5) is 0 Å². The maximum atomic E-state index is 11.6. The SMILES string of the molecule is CC1(C)[C@@H]2CC[C@@]1(C)C(=O)C2.CC1(C)[C@@H]2CC[C@@]1(C)C(=O)C2.CC1(C)[C@@H]2CC[C@@]1(C)C(=O)C2.Oc1ccccc1.Oc1ccccc1. The summed E-state index contributed by atoms with van der Waals surface area (Å²) in [5.74, 6) is 4.22. The van der Waals surface area contributed by atoms with Crippen LogP contribution < -0.4 is 0 Å². The average molecular weight is 645 g/mol. The second kappa shape index (κ2) is 13.2. The molecule has 2 N–H and O–H groups in total. The average Bonchev–Trinajstić information content (AvgIpc) is 3.64. The minimum absolute atomic E-state index is 0.0255. The van der Waals surface area contributed by atoms with Gasteiger partial charge < -0.3 is 10.2 Å². The number of hydrogen-bond donors (Lipinski definition) is 2. The molecule has 6 saturated carbocycles. The van der Waals surface area contributed by atoms with Gasteiger partial charge in [0.25, 0.3) is 0 Å². The number of phenolic OH excluding ortho intramolecular Hbond substituents is 2. The molecule has 6 aliphatic rings. The summed E-state index contributed by atoms with van der Waals surface area (Å²) in [4.78, 5) is 34.7. The first-order valence-electron chi connectivity index (χ1n) is 17.8. The van der Waals surface area contributed by atoms with E-state index in [9.17, 15) is 14.4 Å². The Morgan fingerprint density at radius 2 is 0.681 bits per heavy atom. The molecule has 2 aromatic rings. The fraction of sp³-hybridized carbons (Fsp3) is 0.643. The van der Waals surface area contributed by atoms with Crippen molar-refractivity contribution in [3.63, 3.8) is 0 Å². The molecule has 0 aromatic heterocycles. The molecule has 0 unspecified atom stereocenters. The first-order valence-corrected chi connectivity index (χ1v) is 17.8. The monoisotopic (exact) mass is 644 g/mol. The lowest BCUT2D eigenvalue weighted by molar-refractivity contribution is -0.129. The molecular weight excluding hydrogens is 584 g/mol. The van der Waals surface area contributed by atoms with Crippen molar-refractivity contribution in [3.8, 4) is 11.5 Å². The highest BCUT2D eigenvalue weighted by Crippen LogP contribution is 2.65. The molecule has 0 heterocycles. The van der Waals surface area contributed by atoms with E-state index in [-0.39, 0.29) is 32.5 Å². The maximum absolute atomic E-state index is 11.6. The third kappa shape index (κ3) is 6.45. The highest BCUT2D eigenvalue weighted by molar-refractivity contribution is 5.90. The molecule has 0 amide bonds. The molecule has 0 radical (unpaired) electrons. The van der Waals surface area contributed by atoms with E-state index >= 15 is 0 Å². The number of carbonyl (C=O) groups is 3. The highest BCUT2D eigenvalue weighted by Gasteiger charge is 2.63. The van der Waals surface area contributed by atoms with Crippen molar-refractivity contribution < 1.29 is 24.6 Å². The predicted octanol–water partition coefficient (Wildman–Crippen LogP) is 9.99. The van der Waals surface area contributed by atoms with Gasteiger partial charge in [0.1, 0.15) is 28.8 Å². The van der Waals surface area contributed by atoms with Crippen molar-refractivity contribution in [3.05, 3.63) is 60.7 Å². The van der Waals surface area contributed by atoms with Crippen LogP contribution >= 0.6 is 0 Å². The van der Waals surface area contributed by atoms with Crippen LogP contribution in [0.5, 0.6) is 11.5 Å². The van der Waals surface area contributed by atoms with E-state index in [4.69, 9.17) is 10.2 Å². The zero-order valence-electron chi connectivity index (χ0n) is 30.5. The smallest absolute Gasteiger partial charge is 0.139 e. The molecule has 6 fully saturated rings. The fourth-order valence-corrected chi connectivity index (χ4v) is 9.56. The summed E-state index contributed by atoms with van der Waals surface area (Å²) in [5, 5.41) is 17.3. The Morgan fingerprint density at radius 1 is 0.447 bits per heavy atom. The van der Waals surface area contributed by atoms with Gasteiger partial charge >= 0.3 is 0 Å². The summed E-state index contributed by atoms with van der Waals surface area (Å²) in [6.45, 7) is 20.0. The van der Waals surface area contributed by atoms with Crippen LogP contribution in [0.3, 0.4) is 0 Å². The molecule has 0 aliphatic heterocycles. The minimum atomic E-state index is 0.0255. The zero-order chi connectivity index (χ0) is 35.1. The number of fused-ring (bicyclic) bond motifs is 6. The molecular formula is C42H60O5. The topological polar surface area (TPSA) is 91.7 Å². The Balaban J connectivity index is 0.000000135. The fourth-order valence-electron chi connectivity index (χ4n) is 9.56. The molecule has 0 saturated heterocycles. The van der Waals surface area contributed by atoms with Crippen molar-refractivity contribution in [1.82, 2.24) is 0 Å². The van der Waals surface area contributed by atoms with Crippen LogP contribution in [0.15, 0.2) is 60.7 Å². The lowest BCUT2D eigenvalue weighted by Gasteiger charge is -2.32. The summed E-state index contributed by atoms with van der Waals surface area (Å²) < 4.78 is 0. The Kier molecular flexibility index (Phi) is 10.3. The van der Waals surface area contributed by atoms with Gasteiger partial charge in [-0.15, -0.1) is 0 Å². The maximum Gasteiger partial charge on any atom is 0.139 e. The molecule has 6 bridgehead atoms. The van der Waals surface area contributed by atoms with E-state index in [0.717, 1.165) is 38.5 Å². The van der Waals surface area contributed by atoms with E-state index in [0.29, 0.717) is 46.6 Å². The molecule has 2 aromatic carbocycles. The van der Waals surface area contributed by atoms with Crippen molar-refractivity contribution >= 4 is 17.3 Å². The Labute approximate surface area is 283 Å². The molecule has 6 aliphatic carbocycles. The molecule has 258 valence electrons. The molecule has 5 heteroatoms. The van der Waals surface area contributed by atoms with Crippen LogP contribution in [0, 0.1) is 50.2 Å². The van der Waals surface area contributed by atoms with Gasteiger partial charge in [-0.3, -0.25) is 14.4 Å². The quantitative estimate of drug-likeness (QED) is 0.298. The van der Waals surface area contributed by atoms with Gasteiger partial charge in [-0.2, -0.15) is 0 Å². The van der Waals surface area contributed by atoms with E-state index in [1.807, 2.05) is 12.1 Å². The van der Waals surface area contributed by atoms with Gasteiger partial charge in [-0.25, -0.2) is 0 Å². The summed E-state index contributed by atoms with van der Waals surface area (Å²) in [7, 11) is 0. The highest BCUT2D eigenvalue weighted by atomic mass is 16.3. The lowest BCUT2D eigenvalue weighted by atomic mass is 9.70. The summed E-state index contributed by atoms with van der Waals surface area (Å²) in [6, 6.07) is 17.4. The van der Waals surface area contributed by atoms with Crippen LogP contribution in [0.2, 0.25) is 0 Å². The number of hydrogen-bond acceptors (Lipinski definition) is 5. The largest absolute Gasteiger partial charge is 0.508 e. The first-order chi connectivity index (χ1) is 21.7. The molecule has 5 nitrogen and oxygen atoms in total. The van der Waals surface area contributed by atoms with E-state index in [1.165, 1.54) is 19.3 Å². The number of carbonyl (C=O) groups excluding carboxylic acids is 3. The van der Waals surface area contributed by atoms with Crippen molar-refractivity contribution in [2.45, 2.75) is 120 Å². The van der Waals surface area contributed by atoms with Crippen molar-refractivity contribution in [2.24, 2.45) is 50.2 Å². The first kappa shape index (κ1) is 36.9. The van der Waals surface area contributed by atoms with Gasteiger partial charge in [0.05, 0.1) is 0 Å². The lowest BCUT2D eigenvalue weighted by Crippen LogP contribution is -2.32. The Bertz CT molecular complexity index is 1270. The number of benzene rings is 2. The summed E-state index contributed by atoms with van der Waals surface area (Å²) in [5.41, 5.74) is 0.922. The van der Waals surface area contributed by atoms with Gasteiger partial charge in [0.15, 0.2) is 0 Å². The number of rotatable bonds is 0. The van der Waals surface area contributed by atoms with E-state index in [2.05, 4.69) is 62.3 Å². The number of ketones is 3. The Morgan fingerprint density at radius 3 is 0.766 bits per heavy atom. The standard InChI is InChI=1S/3C10H16O.2C6H6O/c3*1-9(2)7-4-5-10(9,3)8(11)6-7;2*7-6-4-2-1-3-5-6/h3*7H,4-6H2,1-3H3;2*1-5,7H/t3*7-,10+;;/m111../s1. The second-order valence-corrected chi connectivity index (χ2v) is 17.4. The van der Waals surface area contributed by atoms with Crippen LogP contribution in [0.1, 0.15) is 120 Å². The Hall–Kier alpha value is -2.95. The number of phenols is 2. The zero-order valence-corrected chi connectivity index (χ0v) is 30.5. The third-order valence-corrected chi connectivity index (χ3v) is 15.0. The van der Waals surface area contributed by atoms with Crippen molar-refractivity contribution in [1.29, 1.82) is 0 Å². The van der Waals surface area contributed by atoms with Gasteiger partial charge in [0, 0.05) is 35.5 Å². The minimum Gasteiger partial charge on any atom is -0.508 e. The molecule has 6 atom stereocenters. The second-order valence-electron chi connectivity index (χ2n) is 17.4. The van der Waals surface area contributed by atoms with Crippen LogP contribution in [-0.4, -0.2) is 27.6 Å². The van der Waals surface area contributed by atoms with Crippen LogP contribution in [-0.2, 0) is 14.4 Å². The third-order valence-electron chi connectivity index (χ3n) is 15.0. The van der Waals surface area contributed by atoms with Crippen LogP contribution in [0.25, 0.3) is 0 Å². The summed E-state index contributed by atoms with van der Waals surface area (Å²) in [6.07, 6.45) is 9.76. The van der Waals surface area contributed by atoms with E-state index < -0.39 is 0 Å². The number of para-hydroxylation sites is 2. The van der Waals surface area contributed by atoms with E-state index in [1.54, 1.807) is 48.5 Å². The normalized spacial score (nSPS) is 35.4. The molecule has 8 rings (SSSR count). The predicted molar refractivity (Wildman–Crippen MR) is 189 cm³/mol. The number of aromatic hydroxyl groups is 2. The van der Waals surface area contributed by atoms with Gasteiger partial charge in [-0.05, 0) is 96.8 Å². The van der Waals surface area contributed by atoms with Gasteiger partial charge in [-0.1, -0.05) is 98.7 Å².